The lowest BCUT2D eigenvalue weighted by atomic mass is 10.1. The molecule has 5 heteroatoms. The third-order valence-electron chi connectivity index (χ3n) is 2.57. The van der Waals surface area contributed by atoms with Crippen LogP contribution in [0.15, 0.2) is 18.2 Å². The highest BCUT2D eigenvalue weighted by Gasteiger charge is 2.09. The minimum Gasteiger partial charge on any atom is -0.378 e. The fraction of sp³-hybridized carbons (Fsp3) is 0.250. The molecule has 0 aliphatic carbocycles. The van der Waals surface area contributed by atoms with E-state index in [0.29, 0.717) is 17.8 Å². The molecule has 0 atom stereocenters. The largest absolute Gasteiger partial charge is 0.378 e. The van der Waals surface area contributed by atoms with Gasteiger partial charge in [0.1, 0.15) is 5.82 Å². The average molecular weight is 235 g/mol. The number of aromatic nitrogens is 1. The Hall–Kier alpha value is -1.72. The Kier molecular flexibility index (Phi) is 3.21. The van der Waals surface area contributed by atoms with Gasteiger partial charge in [-0.15, -0.1) is 0 Å². The molecule has 0 aliphatic heterocycles. The zero-order valence-corrected chi connectivity index (χ0v) is 9.75. The molecule has 0 bridgehead atoms. The standard InChI is InChI=1S/C12H14FN3O/c1-7-3-8(13)4-10-12(7)11(16-14)5-9(15-10)6-17-2/h3-5H,6,14H2,1-2H3,(H,15,16). The van der Waals surface area contributed by atoms with Gasteiger partial charge >= 0.3 is 0 Å². The van der Waals surface area contributed by atoms with Crippen LogP contribution in [0.4, 0.5) is 10.1 Å². The first-order chi connectivity index (χ1) is 8.15. The minimum absolute atomic E-state index is 0.306. The summed E-state index contributed by atoms with van der Waals surface area (Å²) in [5.41, 5.74) is 5.41. The number of aryl methyl sites for hydroxylation is 1. The number of rotatable bonds is 3. The predicted octanol–water partition coefficient (Wildman–Crippen LogP) is 2.11. The third kappa shape index (κ3) is 2.20. The van der Waals surface area contributed by atoms with Crippen molar-refractivity contribution in [3.8, 4) is 0 Å². The maximum atomic E-state index is 13.3. The molecule has 1 heterocycles. The molecular weight excluding hydrogens is 221 g/mol. The van der Waals surface area contributed by atoms with Crippen molar-refractivity contribution in [2.24, 2.45) is 5.84 Å². The van der Waals surface area contributed by atoms with Crippen molar-refractivity contribution < 1.29 is 9.13 Å². The van der Waals surface area contributed by atoms with Crippen LogP contribution in [0.5, 0.6) is 0 Å². The van der Waals surface area contributed by atoms with Crippen LogP contribution in [-0.4, -0.2) is 12.1 Å². The van der Waals surface area contributed by atoms with Crippen molar-refractivity contribution in [2.45, 2.75) is 13.5 Å². The molecule has 0 fully saturated rings. The van der Waals surface area contributed by atoms with E-state index in [0.717, 1.165) is 16.6 Å². The van der Waals surface area contributed by atoms with Crippen molar-refractivity contribution in [1.29, 1.82) is 0 Å². The lowest BCUT2D eigenvalue weighted by Crippen LogP contribution is -2.09. The molecule has 0 unspecified atom stereocenters. The first-order valence-electron chi connectivity index (χ1n) is 5.21. The second kappa shape index (κ2) is 4.65. The van der Waals surface area contributed by atoms with Crippen LogP contribution in [0.25, 0.3) is 10.9 Å². The molecule has 0 aliphatic rings. The Balaban J connectivity index is 2.73. The van der Waals surface area contributed by atoms with E-state index in [2.05, 4.69) is 10.4 Å². The summed E-state index contributed by atoms with van der Waals surface area (Å²) in [7, 11) is 1.58. The quantitative estimate of drug-likeness (QED) is 0.632. The van der Waals surface area contributed by atoms with Gasteiger partial charge in [0.05, 0.1) is 23.5 Å². The van der Waals surface area contributed by atoms with E-state index in [1.165, 1.54) is 12.1 Å². The van der Waals surface area contributed by atoms with Crippen molar-refractivity contribution in [2.75, 3.05) is 12.5 Å². The summed E-state index contributed by atoms with van der Waals surface area (Å²) >= 11 is 0. The summed E-state index contributed by atoms with van der Waals surface area (Å²) < 4.78 is 18.3. The molecule has 90 valence electrons. The smallest absolute Gasteiger partial charge is 0.125 e. The highest BCUT2D eigenvalue weighted by atomic mass is 19.1. The van der Waals surface area contributed by atoms with E-state index in [1.54, 1.807) is 13.2 Å². The number of hydrazine groups is 1. The number of nitrogens with two attached hydrogens (primary N) is 1. The molecule has 0 saturated carbocycles. The summed E-state index contributed by atoms with van der Waals surface area (Å²) in [5.74, 6) is 5.17. The summed E-state index contributed by atoms with van der Waals surface area (Å²) in [4.78, 5) is 4.33. The average Bonchev–Trinajstić information content (AvgIpc) is 2.27. The number of ether oxygens (including phenoxy) is 1. The highest BCUT2D eigenvalue weighted by Crippen LogP contribution is 2.27. The van der Waals surface area contributed by atoms with Gasteiger partial charge in [-0.2, -0.15) is 0 Å². The molecule has 4 nitrogen and oxygen atoms in total. The number of anilines is 1. The normalized spacial score (nSPS) is 10.8. The fourth-order valence-corrected chi connectivity index (χ4v) is 1.93. The Bertz CT molecular complexity index is 557. The van der Waals surface area contributed by atoms with E-state index in [1.807, 2.05) is 6.92 Å². The number of hydrogen-bond donors (Lipinski definition) is 2. The van der Waals surface area contributed by atoms with E-state index in [4.69, 9.17) is 10.6 Å². The second-order valence-electron chi connectivity index (χ2n) is 3.86. The first kappa shape index (κ1) is 11.8. The van der Waals surface area contributed by atoms with Crippen LogP contribution >= 0.6 is 0 Å². The maximum absolute atomic E-state index is 13.3. The van der Waals surface area contributed by atoms with Gasteiger partial charge in [-0.3, -0.25) is 10.8 Å². The molecule has 0 radical (unpaired) electrons. The van der Waals surface area contributed by atoms with Crippen LogP contribution < -0.4 is 11.3 Å². The van der Waals surface area contributed by atoms with Crippen LogP contribution in [0, 0.1) is 12.7 Å². The maximum Gasteiger partial charge on any atom is 0.125 e. The molecule has 1 aromatic carbocycles. The monoisotopic (exact) mass is 235 g/mol. The molecule has 3 N–H and O–H groups in total. The number of methoxy groups -OCH3 is 1. The van der Waals surface area contributed by atoms with E-state index >= 15 is 0 Å². The number of pyridine rings is 1. The molecule has 0 spiro atoms. The number of halogens is 1. The van der Waals surface area contributed by atoms with Crippen molar-refractivity contribution >= 4 is 16.6 Å². The molecule has 2 aromatic rings. The van der Waals surface area contributed by atoms with Gasteiger partial charge in [-0.1, -0.05) is 0 Å². The molecular formula is C12H14FN3O. The Morgan fingerprint density at radius 2 is 2.18 bits per heavy atom. The second-order valence-corrected chi connectivity index (χ2v) is 3.86. The lowest BCUT2D eigenvalue weighted by molar-refractivity contribution is 0.182. The van der Waals surface area contributed by atoms with E-state index in [-0.39, 0.29) is 5.82 Å². The van der Waals surface area contributed by atoms with Crippen LogP contribution in [0.1, 0.15) is 11.3 Å². The van der Waals surface area contributed by atoms with Gasteiger partial charge in [-0.05, 0) is 24.6 Å². The number of fused-ring (bicyclic) bond motifs is 1. The zero-order chi connectivity index (χ0) is 12.4. The number of nitrogen functional groups attached to an aromatic ring is 1. The van der Waals surface area contributed by atoms with Crippen molar-refractivity contribution in [1.82, 2.24) is 4.98 Å². The summed E-state index contributed by atoms with van der Waals surface area (Å²) in [5, 5.41) is 0.828. The molecule has 0 amide bonds. The van der Waals surface area contributed by atoms with Crippen LogP contribution in [-0.2, 0) is 11.3 Å². The van der Waals surface area contributed by atoms with Gasteiger partial charge in [0, 0.05) is 18.6 Å². The lowest BCUT2D eigenvalue weighted by Gasteiger charge is -2.11. The van der Waals surface area contributed by atoms with E-state index < -0.39 is 0 Å². The third-order valence-corrected chi connectivity index (χ3v) is 2.57. The van der Waals surface area contributed by atoms with Crippen molar-refractivity contribution in [3.05, 3.63) is 35.3 Å². The molecule has 0 saturated heterocycles. The van der Waals surface area contributed by atoms with Gasteiger partial charge in [0.15, 0.2) is 0 Å². The summed E-state index contributed by atoms with van der Waals surface area (Å²) in [6.07, 6.45) is 0. The first-order valence-corrected chi connectivity index (χ1v) is 5.21. The van der Waals surface area contributed by atoms with Gasteiger partial charge in [0.2, 0.25) is 0 Å². The highest BCUT2D eigenvalue weighted by molar-refractivity contribution is 5.94. The van der Waals surface area contributed by atoms with Crippen LogP contribution in [0.3, 0.4) is 0 Å². The topological polar surface area (TPSA) is 60.2 Å². The SMILES string of the molecule is COCc1cc(NN)c2c(C)cc(F)cc2n1. The molecule has 17 heavy (non-hydrogen) atoms. The number of nitrogens with zero attached hydrogens (tertiary/aromatic N) is 1. The predicted molar refractivity (Wildman–Crippen MR) is 65.0 cm³/mol. The number of nitrogens with one attached hydrogen (secondary N) is 1. The Morgan fingerprint density at radius 3 is 2.82 bits per heavy atom. The van der Waals surface area contributed by atoms with Crippen LogP contribution in [0.2, 0.25) is 0 Å². The van der Waals surface area contributed by atoms with Gasteiger partial charge < -0.3 is 10.2 Å². The number of hydrogen-bond acceptors (Lipinski definition) is 4. The van der Waals surface area contributed by atoms with Gasteiger partial charge in [0.25, 0.3) is 0 Å². The van der Waals surface area contributed by atoms with E-state index in [9.17, 15) is 4.39 Å². The molecule has 2 rings (SSSR count). The summed E-state index contributed by atoms with van der Waals surface area (Å²) in [6.45, 7) is 2.18. The fourth-order valence-electron chi connectivity index (χ4n) is 1.93. The number of benzene rings is 1. The van der Waals surface area contributed by atoms with Gasteiger partial charge in [-0.25, -0.2) is 4.39 Å². The summed E-state index contributed by atoms with van der Waals surface area (Å²) in [6, 6.07) is 4.65. The Labute approximate surface area is 98.6 Å². The zero-order valence-electron chi connectivity index (χ0n) is 9.75. The Morgan fingerprint density at radius 1 is 1.41 bits per heavy atom. The van der Waals surface area contributed by atoms with Crippen molar-refractivity contribution in [3.63, 3.8) is 0 Å². The molecule has 1 aromatic heterocycles. The minimum atomic E-state index is -0.306.